The third-order valence-corrected chi connectivity index (χ3v) is 4.44. The number of hydrogen-bond acceptors (Lipinski definition) is 4. The first-order chi connectivity index (χ1) is 9.63. The third kappa shape index (κ3) is 2.58. The van der Waals surface area contributed by atoms with Gasteiger partial charge in [0.2, 0.25) is 0 Å². The molecule has 1 aliphatic heterocycles. The number of nitrogens with zero attached hydrogens (tertiary/aromatic N) is 2. The molecule has 2 atom stereocenters. The van der Waals surface area contributed by atoms with E-state index in [9.17, 15) is 4.79 Å². The van der Waals surface area contributed by atoms with Crippen LogP contribution < -0.4 is 0 Å². The number of cyclic esters (lactones) is 1. The summed E-state index contributed by atoms with van der Waals surface area (Å²) in [5.41, 5.74) is 2.26. The fourth-order valence-electron chi connectivity index (χ4n) is 2.29. The number of aryl methyl sites for hydroxylation is 1. The Morgan fingerprint density at radius 1 is 1.45 bits per heavy atom. The van der Waals surface area contributed by atoms with Crippen LogP contribution in [0.5, 0.6) is 0 Å². The summed E-state index contributed by atoms with van der Waals surface area (Å²) in [5, 5.41) is 0.669. The van der Waals surface area contributed by atoms with Gasteiger partial charge in [-0.15, -0.1) is 0 Å². The molecule has 2 heterocycles. The first-order valence-electron chi connectivity index (χ1n) is 6.61. The Bertz CT molecular complexity index is 638. The van der Waals surface area contributed by atoms with E-state index in [4.69, 9.17) is 4.74 Å². The Balaban J connectivity index is 1.86. The zero-order valence-corrected chi connectivity index (χ0v) is 12.3. The molecule has 0 N–H and O–H groups in total. The number of hydrogen-bond donors (Lipinski definition) is 0. The standard InChI is InChI=1S/C15H16N2O2S/c1-10-4-3-5-12(8-10)17-7-6-16-15(17)20-13-9-11(2)19-14(13)18/h3-8,11,13H,9H2,1-2H3. The first-order valence-corrected chi connectivity index (χ1v) is 7.49. The van der Waals surface area contributed by atoms with E-state index >= 15 is 0 Å². The second kappa shape index (κ2) is 5.32. The third-order valence-electron chi connectivity index (χ3n) is 3.26. The Morgan fingerprint density at radius 3 is 3.00 bits per heavy atom. The monoisotopic (exact) mass is 288 g/mol. The number of carbonyl (C=O) groups excluding carboxylic acids is 1. The van der Waals surface area contributed by atoms with E-state index in [0.29, 0.717) is 0 Å². The molecule has 3 rings (SSSR count). The van der Waals surface area contributed by atoms with Crippen molar-refractivity contribution in [2.45, 2.75) is 36.8 Å². The molecule has 2 aromatic rings. The first kappa shape index (κ1) is 13.2. The summed E-state index contributed by atoms with van der Waals surface area (Å²) in [6.07, 6.45) is 4.42. The van der Waals surface area contributed by atoms with Gasteiger partial charge in [-0.05, 0) is 31.5 Å². The predicted octanol–water partition coefficient (Wildman–Crippen LogP) is 2.98. The highest BCUT2D eigenvalue weighted by Gasteiger charge is 2.33. The highest BCUT2D eigenvalue weighted by molar-refractivity contribution is 8.00. The largest absolute Gasteiger partial charge is 0.462 e. The van der Waals surface area contributed by atoms with Gasteiger partial charge in [-0.1, -0.05) is 23.9 Å². The van der Waals surface area contributed by atoms with E-state index in [2.05, 4.69) is 24.0 Å². The van der Waals surface area contributed by atoms with Crippen LogP contribution in [-0.2, 0) is 9.53 Å². The van der Waals surface area contributed by atoms with Crippen LogP contribution in [0.2, 0.25) is 0 Å². The van der Waals surface area contributed by atoms with E-state index in [1.807, 2.05) is 29.8 Å². The normalized spacial score (nSPS) is 22.0. The van der Waals surface area contributed by atoms with Gasteiger partial charge in [0.25, 0.3) is 0 Å². The molecule has 5 heteroatoms. The molecule has 1 aliphatic rings. The SMILES string of the molecule is Cc1cccc(-n2ccnc2SC2CC(C)OC2=O)c1. The van der Waals surface area contributed by atoms with E-state index in [0.717, 1.165) is 17.3 Å². The van der Waals surface area contributed by atoms with Crippen LogP contribution in [0, 0.1) is 6.92 Å². The van der Waals surface area contributed by atoms with Crippen LogP contribution in [0.1, 0.15) is 18.9 Å². The molecule has 1 aromatic heterocycles. The fraction of sp³-hybridized carbons (Fsp3) is 0.333. The number of imidazole rings is 1. The minimum Gasteiger partial charge on any atom is -0.462 e. The average Bonchev–Trinajstić information content (AvgIpc) is 2.97. The second-order valence-corrected chi connectivity index (χ2v) is 6.18. The number of carbonyl (C=O) groups is 1. The van der Waals surface area contributed by atoms with Gasteiger partial charge in [-0.2, -0.15) is 0 Å². The van der Waals surface area contributed by atoms with Crippen LogP contribution in [0.3, 0.4) is 0 Å². The molecule has 4 nitrogen and oxygen atoms in total. The van der Waals surface area contributed by atoms with Crippen molar-refractivity contribution in [3.8, 4) is 5.69 Å². The summed E-state index contributed by atoms with van der Waals surface area (Å²) < 4.78 is 7.20. The summed E-state index contributed by atoms with van der Waals surface area (Å²) in [4.78, 5) is 16.1. The van der Waals surface area contributed by atoms with Gasteiger partial charge >= 0.3 is 5.97 Å². The molecule has 0 radical (unpaired) electrons. The minimum absolute atomic E-state index is 0.00221. The van der Waals surface area contributed by atoms with E-state index in [-0.39, 0.29) is 17.3 Å². The number of thioether (sulfide) groups is 1. The molecule has 0 amide bonds. The molecular formula is C15H16N2O2S. The summed E-state index contributed by atoms with van der Waals surface area (Å²) in [6.45, 7) is 3.98. The van der Waals surface area contributed by atoms with Crippen molar-refractivity contribution < 1.29 is 9.53 Å². The lowest BCUT2D eigenvalue weighted by Gasteiger charge is -2.09. The van der Waals surface area contributed by atoms with Gasteiger partial charge < -0.3 is 4.74 Å². The number of benzene rings is 1. The Labute approximate surface area is 122 Å². The van der Waals surface area contributed by atoms with Crippen LogP contribution in [0.15, 0.2) is 41.8 Å². The zero-order chi connectivity index (χ0) is 14.1. The van der Waals surface area contributed by atoms with Gasteiger partial charge in [0, 0.05) is 24.5 Å². The van der Waals surface area contributed by atoms with Crippen LogP contribution in [0.4, 0.5) is 0 Å². The lowest BCUT2D eigenvalue weighted by molar-refractivity contribution is -0.140. The predicted molar refractivity (Wildman–Crippen MR) is 78.1 cm³/mol. The van der Waals surface area contributed by atoms with E-state index < -0.39 is 0 Å². The van der Waals surface area contributed by atoms with E-state index in [1.54, 1.807) is 6.20 Å². The molecule has 0 saturated carbocycles. The lowest BCUT2D eigenvalue weighted by atomic mass is 10.2. The number of ether oxygens (including phenoxy) is 1. The number of rotatable bonds is 3. The average molecular weight is 288 g/mol. The maximum Gasteiger partial charge on any atom is 0.319 e. The molecule has 104 valence electrons. The lowest BCUT2D eigenvalue weighted by Crippen LogP contribution is -2.10. The highest BCUT2D eigenvalue weighted by Crippen LogP contribution is 2.32. The topological polar surface area (TPSA) is 44.1 Å². The van der Waals surface area contributed by atoms with Crippen molar-refractivity contribution in [3.63, 3.8) is 0 Å². The summed E-state index contributed by atoms with van der Waals surface area (Å²) in [6, 6.07) is 8.21. The quantitative estimate of drug-likeness (QED) is 0.814. The summed E-state index contributed by atoms with van der Waals surface area (Å²) >= 11 is 1.47. The van der Waals surface area contributed by atoms with Gasteiger partial charge in [0.1, 0.15) is 11.4 Å². The van der Waals surface area contributed by atoms with Crippen LogP contribution in [0.25, 0.3) is 5.69 Å². The highest BCUT2D eigenvalue weighted by atomic mass is 32.2. The van der Waals surface area contributed by atoms with Crippen molar-refractivity contribution in [1.29, 1.82) is 0 Å². The molecule has 1 saturated heterocycles. The second-order valence-electron chi connectivity index (χ2n) is 5.01. The molecule has 1 fully saturated rings. The molecule has 20 heavy (non-hydrogen) atoms. The van der Waals surface area contributed by atoms with Crippen molar-refractivity contribution in [1.82, 2.24) is 9.55 Å². The van der Waals surface area contributed by atoms with Gasteiger partial charge in [0.15, 0.2) is 5.16 Å². The molecule has 2 unspecified atom stereocenters. The van der Waals surface area contributed by atoms with Gasteiger partial charge in [0.05, 0.1) is 0 Å². The molecule has 0 spiro atoms. The minimum atomic E-state index is -0.157. The molecule has 0 bridgehead atoms. The van der Waals surface area contributed by atoms with Gasteiger partial charge in [-0.3, -0.25) is 9.36 Å². The molecule has 0 aliphatic carbocycles. The molecular weight excluding hydrogens is 272 g/mol. The maximum absolute atomic E-state index is 11.7. The maximum atomic E-state index is 11.7. The molecule has 1 aromatic carbocycles. The Morgan fingerprint density at radius 2 is 2.30 bits per heavy atom. The van der Waals surface area contributed by atoms with Crippen molar-refractivity contribution in [2.24, 2.45) is 0 Å². The van der Waals surface area contributed by atoms with E-state index in [1.165, 1.54) is 17.3 Å². The van der Waals surface area contributed by atoms with Crippen molar-refractivity contribution >= 4 is 17.7 Å². The van der Waals surface area contributed by atoms with Crippen molar-refractivity contribution in [2.75, 3.05) is 0 Å². The fourth-order valence-corrected chi connectivity index (χ4v) is 3.47. The smallest absolute Gasteiger partial charge is 0.319 e. The Kier molecular flexibility index (Phi) is 3.53. The van der Waals surface area contributed by atoms with Gasteiger partial charge in [-0.25, -0.2) is 4.98 Å². The summed E-state index contributed by atoms with van der Waals surface area (Å²) in [5.74, 6) is -0.138. The van der Waals surface area contributed by atoms with Crippen LogP contribution >= 0.6 is 11.8 Å². The van der Waals surface area contributed by atoms with Crippen molar-refractivity contribution in [3.05, 3.63) is 42.2 Å². The van der Waals surface area contributed by atoms with Crippen LogP contribution in [-0.4, -0.2) is 26.9 Å². The zero-order valence-electron chi connectivity index (χ0n) is 11.4. The number of esters is 1. The summed E-state index contributed by atoms with van der Waals surface area (Å²) in [7, 11) is 0. The Hall–Kier alpha value is -1.75. The number of aromatic nitrogens is 2.